The van der Waals surface area contributed by atoms with Crippen molar-refractivity contribution < 1.29 is 0 Å². The fraction of sp³-hybridized carbons (Fsp3) is 0.200. The molecule has 1 nitrogen and oxygen atoms in total. The quantitative estimate of drug-likeness (QED) is 0.743. The van der Waals surface area contributed by atoms with Crippen LogP contribution in [0.3, 0.4) is 0 Å². The van der Waals surface area contributed by atoms with E-state index < -0.39 is 0 Å². The Morgan fingerprint density at radius 1 is 1.16 bits per heavy atom. The van der Waals surface area contributed by atoms with E-state index in [4.69, 9.17) is 11.6 Å². The summed E-state index contributed by atoms with van der Waals surface area (Å²) in [6.45, 7) is 0. The largest absolute Gasteiger partial charge is 0.312 e. The van der Waals surface area contributed by atoms with Gasteiger partial charge in [-0.2, -0.15) is 0 Å². The molecule has 100 valence electrons. The highest BCUT2D eigenvalue weighted by molar-refractivity contribution is 9.10. The predicted octanol–water partition coefficient (Wildman–Crippen LogP) is 5.16. The van der Waals surface area contributed by atoms with Crippen molar-refractivity contribution in [3.8, 4) is 0 Å². The molecule has 0 amide bonds. The second-order valence-corrected chi connectivity index (χ2v) is 6.54. The molecule has 19 heavy (non-hydrogen) atoms. The average molecular weight is 357 g/mol. The molecule has 0 saturated heterocycles. The topological polar surface area (TPSA) is 12.0 Å². The fourth-order valence-electron chi connectivity index (χ4n) is 1.80. The molecule has 2 rings (SSSR count). The Labute approximate surface area is 131 Å². The molecule has 2 aromatic carbocycles. The maximum Gasteiger partial charge on any atom is 0.0454 e. The highest BCUT2D eigenvalue weighted by atomic mass is 79.9. The molecule has 2 aromatic rings. The monoisotopic (exact) mass is 355 g/mol. The Balaban J connectivity index is 2.04. The van der Waals surface area contributed by atoms with Gasteiger partial charge in [-0.15, -0.1) is 11.8 Å². The Bertz CT molecular complexity index is 530. The Morgan fingerprint density at radius 2 is 1.84 bits per heavy atom. The van der Waals surface area contributed by atoms with Gasteiger partial charge in [0.25, 0.3) is 0 Å². The highest BCUT2D eigenvalue weighted by Gasteiger charge is 2.12. The van der Waals surface area contributed by atoms with Crippen molar-refractivity contribution in [3.63, 3.8) is 0 Å². The van der Waals surface area contributed by atoms with Crippen molar-refractivity contribution >= 4 is 39.3 Å². The first-order chi connectivity index (χ1) is 9.20. The Hall–Kier alpha value is -0.480. The van der Waals surface area contributed by atoms with Crippen LogP contribution in [0.15, 0.2) is 57.9 Å². The van der Waals surface area contributed by atoms with Gasteiger partial charge < -0.3 is 5.32 Å². The third-order valence-electron chi connectivity index (χ3n) is 2.86. The molecule has 1 N–H and O–H groups in total. The molecule has 1 unspecified atom stereocenters. The number of rotatable bonds is 5. The molecule has 0 spiro atoms. The number of thioether (sulfide) groups is 1. The second-order valence-electron chi connectivity index (χ2n) is 4.13. The summed E-state index contributed by atoms with van der Waals surface area (Å²) in [7, 11) is 1.97. The van der Waals surface area contributed by atoms with Crippen molar-refractivity contribution in [2.75, 3.05) is 12.8 Å². The summed E-state index contributed by atoms with van der Waals surface area (Å²) < 4.78 is 1.10. The minimum atomic E-state index is 0.252. The van der Waals surface area contributed by atoms with Crippen molar-refractivity contribution in [2.24, 2.45) is 0 Å². The Kier molecular flexibility index (Phi) is 5.76. The SMILES string of the molecule is CNC(CSc1ccc(Br)cc1)c1ccccc1Cl. The first kappa shape index (κ1) is 14.9. The van der Waals surface area contributed by atoms with Gasteiger partial charge in [0.2, 0.25) is 0 Å². The van der Waals surface area contributed by atoms with E-state index in [1.165, 1.54) is 4.90 Å². The van der Waals surface area contributed by atoms with Gasteiger partial charge in [-0.25, -0.2) is 0 Å². The third kappa shape index (κ3) is 4.25. The zero-order valence-corrected chi connectivity index (χ0v) is 13.7. The lowest BCUT2D eigenvalue weighted by Gasteiger charge is -2.17. The molecule has 0 saturated carbocycles. The van der Waals surface area contributed by atoms with Crippen molar-refractivity contribution in [1.82, 2.24) is 5.32 Å². The van der Waals surface area contributed by atoms with Crippen LogP contribution in [0.1, 0.15) is 11.6 Å². The van der Waals surface area contributed by atoms with Crippen LogP contribution in [0.5, 0.6) is 0 Å². The third-order valence-corrected chi connectivity index (χ3v) is 4.84. The predicted molar refractivity (Wildman–Crippen MR) is 88.1 cm³/mol. The molecule has 4 heteroatoms. The molecule has 0 fully saturated rings. The number of benzene rings is 2. The minimum Gasteiger partial charge on any atom is -0.312 e. The molecule has 0 aliphatic rings. The van der Waals surface area contributed by atoms with Crippen LogP contribution < -0.4 is 5.32 Å². The van der Waals surface area contributed by atoms with E-state index in [2.05, 4.69) is 51.6 Å². The lowest BCUT2D eigenvalue weighted by atomic mass is 10.1. The van der Waals surface area contributed by atoms with E-state index in [1.54, 1.807) is 0 Å². The van der Waals surface area contributed by atoms with Gasteiger partial charge in [0.05, 0.1) is 0 Å². The van der Waals surface area contributed by atoms with Gasteiger partial charge in [0.15, 0.2) is 0 Å². The van der Waals surface area contributed by atoms with Gasteiger partial charge in [0.1, 0.15) is 0 Å². The Morgan fingerprint density at radius 3 is 2.47 bits per heavy atom. The van der Waals surface area contributed by atoms with Gasteiger partial charge in [-0.05, 0) is 42.9 Å². The first-order valence-electron chi connectivity index (χ1n) is 6.01. The summed E-state index contributed by atoms with van der Waals surface area (Å²) in [5.41, 5.74) is 1.15. The minimum absolute atomic E-state index is 0.252. The van der Waals surface area contributed by atoms with E-state index in [-0.39, 0.29) is 6.04 Å². The number of hydrogen-bond acceptors (Lipinski definition) is 2. The van der Waals surface area contributed by atoms with E-state index >= 15 is 0 Å². The summed E-state index contributed by atoms with van der Waals surface area (Å²) in [6, 6.07) is 16.6. The van der Waals surface area contributed by atoms with E-state index in [0.29, 0.717) is 0 Å². The van der Waals surface area contributed by atoms with Crippen LogP contribution in [0.4, 0.5) is 0 Å². The zero-order valence-electron chi connectivity index (χ0n) is 10.6. The van der Waals surface area contributed by atoms with E-state index in [1.807, 2.05) is 37.0 Å². The molecular weight excluding hydrogens is 342 g/mol. The molecule has 1 atom stereocenters. The molecule has 0 radical (unpaired) electrons. The van der Waals surface area contributed by atoms with E-state index in [9.17, 15) is 0 Å². The maximum atomic E-state index is 6.24. The summed E-state index contributed by atoms with van der Waals surface area (Å²) in [4.78, 5) is 1.26. The molecule has 0 aliphatic carbocycles. The maximum absolute atomic E-state index is 6.24. The fourth-order valence-corrected chi connectivity index (χ4v) is 3.36. The molecule has 0 heterocycles. The molecule has 0 aliphatic heterocycles. The van der Waals surface area contributed by atoms with Gasteiger partial charge in [-0.1, -0.05) is 45.7 Å². The normalized spacial score (nSPS) is 12.4. The first-order valence-corrected chi connectivity index (χ1v) is 8.16. The van der Waals surface area contributed by atoms with Gasteiger partial charge in [-0.3, -0.25) is 0 Å². The summed E-state index contributed by atoms with van der Waals surface area (Å²) >= 11 is 11.5. The summed E-state index contributed by atoms with van der Waals surface area (Å²) in [5, 5.41) is 4.14. The van der Waals surface area contributed by atoms with Crippen molar-refractivity contribution in [2.45, 2.75) is 10.9 Å². The smallest absolute Gasteiger partial charge is 0.0454 e. The number of nitrogens with one attached hydrogen (secondary N) is 1. The van der Waals surface area contributed by atoms with E-state index in [0.717, 1.165) is 20.8 Å². The molecule has 0 aromatic heterocycles. The van der Waals surface area contributed by atoms with Crippen molar-refractivity contribution in [1.29, 1.82) is 0 Å². The van der Waals surface area contributed by atoms with Crippen molar-refractivity contribution in [3.05, 3.63) is 63.6 Å². The lowest BCUT2D eigenvalue weighted by molar-refractivity contribution is 0.662. The summed E-state index contributed by atoms with van der Waals surface area (Å²) in [6.07, 6.45) is 0. The van der Waals surface area contributed by atoms with Crippen LogP contribution >= 0.6 is 39.3 Å². The average Bonchev–Trinajstić information content (AvgIpc) is 2.43. The van der Waals surface area contributed by atoms with Crippen LogP contribution in [0.25, 0.3) is 0 Å². The summed E-state index contributed by atoms with van der Waals surface area (Å²) in [5.74, 6) is 0.946. The van der Waals surface area contributed by atoms with Gasteiger partial charge in [0, 0.05) is 26.2 Å². The second kappa shape index (κ2) is 7.34. The number of hydrogen-bond donors (Lipinski definition) is 1. The van der Waals surface area contributed by atoms with Crippen LogP contribution in [-0.4, -0.2) is 12.8 Å². The number of halogens is 2. The highest BCUT2D eigenvalue weighted by Crippen LogP contribution is 2.29. The molecular formula is C15H15BrClNS. The van der Waals surface area contributed by atoms with Gasteiger partial charge >= 0.3 is 0 Å². The molecule has 0 bridgehead atoms. The van der Waals surface area contributed by atoms with Crippen LogP contribution in [0, 0.1) is 0 Å². The zero-order chi connectivity index (χ0) is 13.7. The van der Waals surface area contributed by atoms with Crippen LogP contribution in [-0.2, 0) is 0 Å². The standard InChI is InChI=1S/C15H15BrClNS/c1-18-15(13-4-2-3-5-14(13)17)10-19-12-8-6-11(16)7-9-12/h2-9,15,18H,10H2,1H3. The van der Waals surface area contributed by atoms with Crippen LogP contribution in [0.2, 0.25) is 5.02 Å². The lowest BCUT2D eigenvalue weighted by Crippen LogP contribution is -2.19.